The lowest BCUT2D eigenvalue weighted by molar-refractivity contribution is -0.147. The average Bonchev–Trinajstić information content (AvgIpc) is 2.88. The summed E-state index contributed by atoms with van der Waals surface area (Å²) < 4.78 is 5.08. The molecule has 0 atom stereocenters. The summed E-state index contributed by atoms with van der Waals surface area (Å²) in [6.07, 6.45) is 1.44. The molecule has 1 aliphatic rings. The zero-order valence-corrected chi connectivity index (χ0v) is 10.9. The van der Waals surface area contributed by atoms with E-state index in [1.54, 1.807) is 0 Å². The van der Waals surface area contributed by atoms with Crippen LogP contribution in [0.3, 0.4) is 0 Å². The molecule has 0 amide bonds. The predicted molar refractivity (Wildman–Crippen MR) is 74.0 cm³/mol. The van der Waals surface area contributed by atoms with E-state index in [0.29, 0.717) is 0 Å². The summed E-state index contributed by atoms with van der Waals surface area (Å²) in [6, 6.07) is 18.2. The maximum atomic E-state index is 12.4. The number of benzene rings is 2. The van der Waals surface area contributed by atoms with Gasteiger partial charge in [-0.2, -0.15) is 0 Å². The number of fused-ring (bicyclic) bond motifs is 1. The van der Waals surface area contributed by atoms with Gasteiger partial charge in [-0.1, -0.05) is 54.6 Å². The molecule has 3 rings (SSSR count). The number of methoxy groups -OCH3 is 1. The fourth-order valence-electron chi connectivity index (χ4n) is 3.03. The van der Waals surface area contributed by atoms with Crippen molar-refractivity contribution < 1.29 is 9.53 Å². The number of rotatable bonds is 2. The molecular weight excluding hydrogens is 236 g/mol. The summed E-state index contributed by atoms with van der Waals surface area (Å²) in [5, 5.41) is 0. The molecule has 2 aromatic carbocycles. The van der Waals surface area contributed by atoms with E-state index in [9.17, 15) is 4.79 Å². The largest absolute Gasteiger partial charge is 0.468 e. The first kappa shape index (κ1) is 12.0. The van der Waals surface area contributed by atoms with Gasteiger partial charge in [-0.15, -0.1) is 0 Å². The second kappa shape index (κ2) is 4.54. The molecule has 0 bridgehead atoms. The van der Waals surface area contributed by atoms with Crippen LogP contribution in [0.1, 0.15) is 16.7 Å². The van der Waals surface area contributed by atoms with Crippen LogP contribution in [0.2, 0.25) is 0 Å². The summed E-state index contributed by atoms with van der Waals surface area (Å²) in [4.78, 5) is 12.4. The Morgan fingerprint density at radius 3 is 2.00 bits per heavy atom. The fourth-order valence-corrected chi connectivity index (χ4v) is 3.03. The molecule has 0 radical (unpaired) electrons. The van der Waals surface area contributed by atoms with Crippen LogP contribution < -0.4 is 0 Å². The van der Waals surface area contributed by atoms with Crippen molar-refractivity contribution in [3.05, 3.63) is 71.3 Å². The van der Waals surface area contributed by atoms with Crippen molar-refractivity contribution in [1.29, 1.82) is 0 Å². The minimum absolute atomic E-state index is 0.144. The Hall–Kier alpha value is -2.09. The Morgan fingerprint density at radius 1 is 0.947 bits per heavy atom. The Balaban J connectivity index is 2.10. The second-order valence-corrected chi connectivity index (χ2v) is 5.06. The Kier molecular flexibility index (Phi) is 2.86. The first-order valence-corrected chi connectivity index (χ1v) is 6.47. The summed E-state index contributed by atoms with van der Waals surface area (Å²) >= 11 is 0. The van der Waals surface area contributed by atoms with Crippen LogP contribution in [-0.2, 0) is 27.8 Å². The highest BCUT2D eigenvalue weighted by Gasteiger charge is 2.46. The standard InChI is InChI=1S/C17H16O2/c1-19-16(18)17(15-9-3-2-4-10-15)11-13-7-5-6-8-14(13)12-17/h2-10H,11-12H2,1H3. The number of esters is 1. The van der Waals surface area contributed by atoms with Gasteiger partial charge in [0.15, 0.2) is 0 Å². The zero-order valence-electron chi connectivity index (χ0n) is 10.9. The molecule has 19 heavy (non-hydrogen) atoms. The van der Waals surface area contributed by atoms with Crippen LogP contribution in [0.4, 0.5) is 0 Å². The Morgan fingerprint density at radius 2 is 1.47 bits per heavy atom. The van der Waals surface area contributed by atoms with E-state index < -0.39 is 5.41 Å². The van der Waals surface area contributed by atoms with Gasteiger partial charge in [0.1, 0.15) is 5.41 Å². The van der Waals surface area contributed by atoms with Gasteiger partial charge in [-0.3, -0.25) is 4.79 Å². The third-order valence-corrected chi connectivity index (χ3v) is 4.01. The first-order chi connectivity index (χ1) is 9.26. The molecule has 1 aliphatic carbocycles. The second-order valence-electron chi connectivity index (χ2n) is 5.06. The van der Waals surface area contributed by atoms with Crippen molar-refractivity contribution in [1.82, 2.24) is 0 Å². The molecule has 0 fully saturated rings. The molecule has 2 nitrogen and oxygen atoms in total. The molecule has 0 unspecified atom stereocenters. The SMILES string of the molecule is COC(=O)C1(c2ccccc2)Cc2ccccc2C1. The maximum Gasteiger partial charge on any atom is 0.316 e. The van der Waals surface area contributed by atoms with Crippen molar-refractivity contribution in [3.8, 4) is 0 Å². The van der Waals surface area contributed by atoms with E-state index in [0.717, 1.165) is 18.4 Å². The van der Waals surface area contributed by atoms with E-state index >= 15 is 0 Å². The highest BCUT2D eigenvalue weighted by atomic mass is 16.5. The molecule has 96 valence electrons. The monoisotopic (exact) mass is 252 g/mol. The summed E-state index contributed by atoms with van der Waals surface area (Å²) in [5.41, 5.74) is 2.98. The normalized spacial score (nSPS) is 15.8. The van der Waals surface area contributed by atoms with Gasteiger partial charge in [0.2, 0.25) is 0 Å². The minimum Gasteiger partial charge on any atom is -0.468 e. The van der Waals surface area contributed by atoms with E-state index in [-0.39, 0.29) is 5.97 Å². The third kappa shape index (κ3) is 1.84. The van der Waals surface area contributed by atoms with Crippen molar-refractivity contribution in [2.45, 2.75) is 18.3 Å². The predicted octanol–water partition coefficient (Wildman–Crippen LogP) is 2.90. The highest BCUT2D eigenvalue weighted by Crippen LogP contribution is 2.40. The molecule has 0 N–H and O–H groups in total. The Labute approximate surface area is 113 Å². The smallest absolute Gasteiger partial charge is 0.316 e. The molecular formula is C17H16O2. The van der Waals surface area contributed by atoms with Crippen LogP contribution >= 0.6 is 0 Å². The number of hydrogen-bond acceptors (Lipinski definition) is 2. The molecule has 0 spiro atoms. The quantitative estimate of drug-likeness (QED) is 0.768. The van der Waals surface area contributed by atoms with E-state index in [2.05, 4.69) is 12.1 Å². The number of carbonyl (C=O) groups excluding carboxylic acids is 1. The number of carbonyl (C=O) groups is 1. The molecule has 0 aliphatic heterocycles. The lowest BCUT2D eigenvalue weighted by Crippen LogP contribution is -2.37. The maximum absolute atomic E-state index is 12.4. The van der Waals surface area contributed by atoms with Gasteiger partial charge in [0.25, 0.3) is 0 Å². The zero-order chi connectivity index (χ0) is 13.3. The molecule has 0 saturated carbocycles. The molecule has 2 aromatic rings. The van der Waals surface area contributed by atoms with Crippen molar-refractivity contribution in [2.24, 2.45) is 0 Å². The molecule has 0 saturated heterocycles. The number of hydrogen-bond donors (Lipinski definition) is 0. The highest BCUT2D eigenvalue weighted by molar-refractivity contribution is 5.85. The fraction of sp³-hybridized carbons (Fsp3) is 0.235. The van der Waals surface area contributed by atoms with Crippen LogP contribution in [0, 0.1) is 0 Å². The van der Waals surface area contributed by atoms with Gasteiger partial charge in [-0.05, 0) is 29.5 Å². The van der Waals surface area contributed by atoms with Crippen LogP contribution in [0.25, 0.3) is 0 Å². The average molecular weight is 252 g/mol. The summed E-state index contributed by atoms with van der Waals surface area (Å²) in [6.45, 7) is 0. The molecule has 0 heterocycles. The summed E-state index contributed by atoms with van der Waals surface area (Å²) in [5.74, 6) is -0.144. The topological polar surface area (TPSA) is 26.3 Å². The van der Waals surface area contributed by atoms with E-state index in [1.165, 1.54) is 18.2 Å². The third-order valence-electron chi connectivity index (χ3n) is 4.01. The molecule has 0 aromatic heterocycles. The van der Waals surface area contributed by atoms with Crippen molar-refractivity contribution >= 4 is 5.97 Å². The van der Waals surface area contributed by atoms with Crippen LogP contribution in [-0.4, -0.2) is 13.1 Å². The van der Waals surface area contributed by atoms with Gasteiger partial charge in [-0.25, -0.2) is 0 Å². The van der Waals surface area contributed by atoms with Crippen molar-refractivity contribution in [2.75, 3.05) is 7.11 Å². The molecule has 2 heteroatoms. The number of ether oxygens (including phenoxy) is 1. The van der Waals surface area contributed by atoms with Gasteiger partial charge in [0.05, 0.1) is 7.11 Å². The van der Waals surface area contributed by atoms with Gasteiger partial charge < -0.3 is 4.74 Å². The van der Waals surface area contributed by atoms with Crippen LogP contribution in [0.15, 0.2) is 54.6 Å². The summed E-state index contributed by atoms with van der Waals surface area (Å²) in [7, 11) is 1.47. The lowest BCUT2D eigenvalue weighted by atomic mass is 9.78. The van der Waals surface area contributed by atoms with Crippen LogP contribution in [0.5, 0.6) is 0 Å². The van der Waals surface area contributed by atoms with Gasteiger partial charge in [0, 0.05) is 0 Å². The first-order valence-electron chi connectivity index (χ1n) is 6.47. The van der Waals surface area contributed by atoms with E-state index in [1.807, 2.05) is 42.5 Å². The minimum atomic E-state index is -0.556. The lowest BCUT2D eigenvalue weighted by Gasteiger charge is -2.26. The van der Waals surface area contributed by atoms with E-state index in [4.69, 9.17) is 4.74 Å². The van der Waals surface area contributed by atoms with Crippen molar-refractivity contribution in [3.63, 3.8) is 0 Å². The Bertz CT molecular complexity index is 577. The van der Waals surface area contributed by atoms with Gasteiger partial charge >= 0.3 is 5.97 Å².